The van der Waals surface area contributed by atoms with Crippen molar-refractivity contribution in [3.8, 4) is 12.3 Å². The van der Waals surface area contributed by atoms with Crippen molar-refractivity contribution in [1.82, 2.24) is 4.57 Å². The zero-order valence-corrected chi connectivity index (χ0v) is 12.0. The Morgan fingerprint density at radius 1 is 1.00 bits per heavy atom. The molecule has 102 valence electrons. The quantitative estimate of drug-likeness (QED) is 0.479. The van der Waals surface area contributed by atoms with Crippen LogP contribution in [0.15, 0.2) is 61.7 Å². The highest BCUT2D eigenvalue weighted by molar-refractivity contribution is 6.08. The minimum Gasteiger partial charge on any atom is -0.337 e. The van der Waals surface area contributed by atoms with Gasteiger partial charge in [-0.05, 0) is 42.3 Å². The molecule has 0 bridgehead atoms. The van der Waals surface area contributed by atoms with E-state index in [-0.39, 0.29) is 0 Å². The predicted molar refractivity (Wildman–Crippen MR) is 91.5 cm³/mol. The summed E-state index contributed by atoms with van der Waals surface area (Å²) < 4.78 is 2.27. The van der Waals surface area contributed by atoms with Gasteiger partial charge in [0.25, 0.3) is 0 Å². The molecule has 0 aliphatic heterocycles. The van der Waals surface area contributed by atoms with Gasteiger partial charge >= 0.3 is 0 Å². The van der Waals surface area contributed by atoms with Crippen molar-refractivity contribution in [2.45, 2.75) is 13.0 Å². The summed E-state index contributed by atoms with van der Waals surface area (Å²) in [6.45, 7) is 8.47. The van der Waals surface area contributed by atoms with E-state index in [1.807, 2.05) is 18.2 Å². The van der Waals surface area contributed by atoms with Crippen LogP contribution < -0.4 is 0 Å². The normalized spacial score (nSPS) is 10.6. The SMILES string of the molecule is C#Cc1ccc2c(c1)c1cc(CC=C)ccc1n2CC=C. The van der Waals surface area contributed by atoms with Crippen molar-refractivity contribution in [2.24, 2.45) is 0 Å². The minimum atomic E-state index is 0.788. The zero-order valence-electron chi connectivity index (χ0n) is 12.0. The zero-order chi connectivity index (χ0) is 14.8. The van der Waals surface area contributed by atoms with Crippen LogP contribution >= 0.6 is 0 Å². The lowest BCUT2D eigenvalue weighted by molar-refractivity contribution is 0.901. The molecule has 1 nitrogen and oxygen atoms in total. The topological polar surface area (TPSA) is 4.93 Å². The highest BCUT2D eigenvalue weighted by atomic mass is 15.0. The van der Waals surface area contributed by atoms with Gasteiger partial charge in [0.1, 0.15) is 0 Å². The second-order valence-electron chi connectivity index (χ2n) is 5.12. The molecule has 0 saturated heterocycles. The molecule has 0 aliphatic carbocycles. The van der Waals surface area contributed by atoms with Gasteiger partial charge in [-0.25, -0.2) is 0 Å². The molecule has 1 heteroatoms. The number of aromatic nitrogens is 1. The lowest BCUT2D eigenvalue weighted by atomic mass is 10.1. The van der Waals surface area contributed by atoms with E-state index in [2.05, 4.69) is 54.0 Å². The fourth-order valence-electron chi connectivity index (χ4n) is 2.86. The largest absolute Gasteiger partial charge is 0.337 e. The molecule has 0 N–H and O–H groups in total. The van der Waals surface area contributed by atoms with Crippen LogP contribution in [-0.4, -0.2) is 4.57 Å². The van der Waals surface area contributed by atoms with Crippen molar-refractivity contribution in [2.75, 3.05) is 0 Å². The molecule has 3 rings (SSSR count). The van der Waals surface area contributed by atoms with Crippen molar-refractivity contribution in [1.29, 1.82) is 0 Å². The molecule has 0 atom stereocenters. The van der Waals surface area contributed by atoms with Crippen molar-refractivity contribution in [3.63, 3.8) is 0 Å². The van der Waals surface area contributed by atoms with E-state index in [1.165, 1.54) is 27.4 Å². The number of rotatable bonds is 4. The Hall–Kier alpha value is -2.72. The van der Waals surface area contributed by atoms with Crippen LogP contribution in [0.3, 0.4) is 0 Å². The van der Waals surface area contributed by atoms with E-state index < -0.39 is 0 Å². The Labute approximate surface area is 125 Å². The maximum absolute atomic E-state index is 5.54. The van der Waals surface area contributed by atoms with Crippen LogP contribution in [0.1, 0.15) is 11.1 Å². The van der Waals surface area contributed by atoms with E-state index >= 15 is 0 Å². The molecule has 0 radical (unpaired) electrons. The maximum atomic E-state index is 5.54. The van der Waals surface area contributed by atoms with Gasteiger partial charge in [-0.1, -0.05) is 24.1 Å². The first-order valence-electron chi connectivity index (χ1n) is 7.01. The Balaban J connectivity index is 2.40. The van der Waals surface area contributed by atoms with Crippen molar-refractivity contribution >= 4 is 21.8 Å². The summed E-state index contributed by atoms with van der Waals surface area (Å²) in [5.41, 5.74) is 4.59. The average Bonchev–Trinajstić information content (AvgIpc) is 2.81. The number of terminal acetylenes is 1. The molecule has 1 aromatic heterocycles. The van der Waals surface area contributed by atoms with Crippen LogP contribution in [0.2, 0.25) is 0 Å². The van der Waals surface area contributed by atoms with Gasteiger partial charge in [0, 0.05) is 33.9 Å². The molecule has 21 heavy (non-hydrogen) atoms. The molecule has 0 aliphatic rings. The van der Waals surface area contributed by atoms with E-state index in [0.29, 0.717) is 0 Å². The number of fused-ring (bicyclic) bond motifs is 3. The lowest BCUT2D eigenvalue weighted by Crippen LogP contribution is -1.94. The van der Waals surface area contributed by atoms with Gasteiger partial charge in [-0.2, -0.15) is 0 Å². The van der Waals surface area contributed by atoms with E-state index in [9.17, 15) is 0 Å². The van der Waals surface area contributed by atoms with Gasteiger partial charge < -0.3 is 4.57 Å². The summed E-state index contributed by atoms with van der Waals surface area (Å²) in [4.78, 5) is 0. The van der Waals surface area contributed by atoms with E-state index in [1.54, 1.807) is 0 Å². The lowest BCUT2D eigenvalue weighted by Gasteiger charge is -2.04. The third-order valence-electron chi connectivity index (χ3n) is 3.79. The molecule has 2 aromatic carbocycles. The molecule has 3 aromatic rings. The van der Waals surface area contributed by atoms with Gasteiger partial charge in [0.15, 0.2) is 0 Å². The van der Waals surface area contributed by atoms with Gasteiger partial charge in [-0.3, -0.25) is 0 Å². The van der Waals surface area contributed by atoms with Crippen molar-refractivity contribution in [3.05, 3.63) is 72.8 Å². The van der Waals surface area contributed by atoms with E-state index in [4.69, 9.17) is 6.42 Å². The second kappa shape index (κ2) is 5.34. The van der Waals surface area contributed by atoms with Crippen LogP contribution in [0.25, 0.3) is 21.8 Å². The standard InChI is InChI=1S/C20H17N/c1-4-7-16-9-11-20-18(14-16)17-13-15(6-3)8-10-19(17)21(20)12-5-2/h3-5,8-11,13-14H,1-2,7,12H2. The van der Waals surface area contributed by atoms with Crippen LogP contribution in [0, 0.1) is 12.3 Å². The Morgan fingerprint density at radius 3 is 2.38 bits per heavy atom. The third kappa shape index (κ3) is 2.15. The highest BCUT2D eigenvalue weighted by Crippen LogP contribution is 2.30. The first kappa shape index (κ1) is 13.3. The summed E-state index contributed by atoms with van der Waals surface area (Å²) in [6, 6.07) is 12.7. The fourth-order valence-corrected chi connectivity index (χ4v) is 2.86. The monoisotopic (exact) mass is 271 g/mol. The number of hydrogen-bond acceptors (Lipinski definition) is 0. The smallest absolute Gasteiger partial charge is 0.0495 e. The molecule has 0 unspecified atom stereocenters. The van der Waals surface area contributed by atoms with Crippen LogP contribution in [0.4, 0.5) is 0 Å². The summed E-state index contributed by atoms with van der Waals surface area (Å²) in [7, 11) is 0. The summed E-state index contributed by atoms with van der Waals surface area (Å²) >= 11 is 0. The Kier molecular flexibility index (Phi) is 3.38. The number of hydrogen-bond donors (Lipinski definition) is 0. The minimum absolute atomic E-state index is 0.788. The molecule has 1 heterocycles. The summed E-state index contributed by atoms with van der Waals surface area (Å²) in [6.07, 6.45) is 10.3. The highest BCUT2D eigenvalue weighted by Gasteiger charge is 2.10. The molecular formula is C20H17N. The molecule has 0 amide bonds. The number of nitrogens with zero attached hydrogens (tertiary/aromatic N) is 1. The van der Waals surface area contributed by atoms with Crippen LogP contribution in [0.5, 0.6) is 0 Å². The molecular weight excluding hydrogens is 254 g/mol. The first-order chi connectivity index (χ1) is 10.3. The molecule has 0 fully saturated rings. The Morgan fingerprint density at radius 2 is 1.71 bits per heavy atom. The van der Waals surface area contributed by atoms with Crippen LogP contribution in [-0.2, 0) is 13.0 Å². The van der Waals surface area contributed by atoms with Crippen molar-refractivity contribution < 1.29 is 0 Å². The van der Waals surface area contributed by atoms with E-state index in [0.717, 1.165) is 18.5 Å². The molecule has 0 spiro atoms. The second-order valence-corrected chi connectivity index (χ2v) is 5.12. The van der Waals surface area contributed by atoms with Gasteiger partial charge in [-0.15, -0.1) is 19.6 Å². The average molecular weight is 271 g/mol. The maximum Gasteiger partial charge on any atom is 0.0495 e. The first-order valence-corrected chi connectivity index (χ1v) is 7.01. The third-order valence-corrected chi connectivity index (χ3v) is 3.79. The predicted octanol–water partition coefficient (Wildman–Crippen LogP) is 4.69. The number of allylic oxidation sites excluding steroid dienone is 2. The molecule has 0 saturated carbocycles. The van der Waals surface area contributed by atoms with Gasteiger partial charge in [0.05, 0.1) is 0 Å². The Bertz CT molecular complexity index is 887. The van der Waals surface area contributed by atoms with Gasteiger partial charge in [0.2, 0.25) is 0 Å². The summed E-state index contributed by atoms with van der Waals surface area (Å²) in [5.74, 6) is 2.72. The fraction of sp³-hybridized carbons (Fsp3) is 0.100. The summed E-state index contributed by atoms with van der Waals surface area (Å²) in [5, 5.41) is 2.44. The number of benzene rings is 2.